The van der Waals surface area contributed by atoms with Crippen LogP contribution in [0.1, 0.15) is 36.0 Å². The zero-order valence-corrected chi connectivity index (χ0v) is 30.7. The van der Waals surface area contributed by atoms with Gasteiger partial charge in [-0.2, -0.15) is 0 Å². The van der Waals surface area contributed by atoms with Crippen LogP contribution < -0.4 is 4.74 Å². The number of methoxy groups -OCH3 is 1. The van der Waals surface area contributed by atoms with Crippen LogP contribution in [0.25, 0.3) is 0 Å². The van der Waals surface area contributed by atoms with Gasteiger partial charge in [-0.05, 0) is 48.1 Å². The molecule has 0 aliphatic carbocycles. The van der Waals surface area contributed by atoms with Crippen LogP contribution in [0.15, 0.2) is 115 Å². The number of ether oxygens (including phenoxy) is 9. The maximum absolute atomic E-state index is 12.3. The molecule has 4 aromatic carbocycles. The molecule has 2 saturated heterocycles. The zero-order valence-electron chi connectivity index (χ0n) is 30.7. The van der Waals surface area contributed by atoms with Gasteiger partial charge in [-0.1, -0.05) is 91.0 Å². The second-order valence-corrected chi connectivity index (χ2v) is 13.3. The number of nitro groups is 1. The molecular weight excluding hydrogens is 710 g/mol. The lowest BCUT2D eigenvalue weighted by molar-refractivity contribution is -0.384. The predicted octanol–water partition coefficient (Wildman–Crippen LogP) is 6.56. The molecule has 0 aromatic heterocycles. The zero-order chi connectivity index (χ0) is 38.2. The summed E-state index contributed by atoms with van der Waals surface area (Å²) in [6.45, 7) is 0.914. The van der Waals surface area contributed by atoms with Crippen molar-refractivity contribution in [3.63, 3.8) is 0 Å². The van der Waals surface area contributed by atoms with Gasteiger partial charge in [0.15, 0.2) is 12.6 Å². The van der Waals surface area contributed by atoms with E-state index in [1.54, 1.807) is 7.11 Å². The molecule has 0 saturated carbocycles. The molecule has 0 radical (unpaired) electrons. The van der Waals surface area contributed by atoms with E-state index in [-0.39, 0.29) is 37.4 Å². The average molecular weight is 758 g/mol. The monoisotopic (exact) mass is 757 g/mol. The lowest BCUT2D eigenvalue weighted by atomic mass is 9.97. The molecule has 0 spiro atoms. The van der Waals surface area contributed by atoms with Crippen molar-refractivity contribution < 1.29 is 52.3 Å². The normalized spacial score (nSPS) is 23.9. The van der Waals surface area contributed by atoms with Crippen LogP contribution in [0.3, 0.4) is 0 Å². The van der Waals surface area contributed by atoms with Crippen LogP contribution in [0.5, 0.6) is 5.75 Å². The fourth-order valence-electron chi connectivity index (χ4n) is 6.45. The first-order valence-electron chi connectivity index (χ1n) is 18.4. The molecule has 2 fully saturated rings. The number of rotatable bonds is 19. The van der Waals surface area contributed by atoms with E-state index >= 15 is 0 Å². The van der Waals surface area contributed by atoms with E-state index in [2.05, 4.69) is 0 Å². The Labute approximate surface area is 320 Å². The summed E-state index contributed by atoms with van der Waals surface area (Å²) < 4.78 is 55.7. The van der Waals surface area contributed by atoms with E-state index in [0.717, 1.165) is 29.5 Å². The highest BCUT2D eigenvalue weighted by Gasteiger charge is 2.49. The first-order valence-corrected chi connectivity index (χ1v) is 18.4. The van der Waals surface area contributed by atoms with Gasteiger partial charge in [-0.25, -0.2) is 4.79 Å². The van der Waals surface area contributed by atoms with Crippen LogP contribution >= 0.6 is 0 Å². The summed E-state index contributed by atoms with van der Waals surface area (Å²) >= 11 is 0. The molecule has 0 bridgehead atoms. The highest BCUT2D eigenvalue weighted by atomic mass is 16.7. The Kier molecular flexibility index (Phi) is 15.3. The fraction of sp³-hybridized carbons (Fsp3) is 0.405. The highest BCUT2D eigenvalue weighted by Crippen LogP contribution is 2.32. The first-order chi connectivity index (χ1) is 26.9. The van der Waals surface area contributed by atoms with Gasteiger partial charge in [-0.3, -0.25) is 10.1 Å². The number of non-ortho nitro benzene ring substituents is 1. The minimum Gasteiger partial charge on any atom is -0.425 e. The number of esters is 1. The van der Waals surface area contributed by atoms with Gasteiger partial charge in [0.25, 0.3) is 5.69 Å². The summed E-state index contributed by atoms with van der Waals surface area (Å²) in [4.78, 5) is 22.7. The van der Waals surface area contributed by atoms with E-state index < -0.39 is 47.9 Å². The molecule has 13 nitrogen and oxygen atoms in total. The third-order valence-corrected chi connectivity index (χ3v) is 9.24. The van der Waals surface area contributed by atoms with Gasteiger partial charge in [-0.15, -0.1) is 0 Å². The van der Waals surface area contributed by atoms with E-state index in [1.165, 1.54) is 24.3 Å². The van der Waals surface area contributed by atoms with Crippen molar-refractivity contribution in [1.82, 2.24) is 0 Å². The number of benzene rings is 4. The summed E-state index contributed by atoms with van der Waals surface area (Å²) in [5.74, 6) is -0.439. The van der Waals surface area contributed by atoms with E-state index in [1.807, 2.05) is 91.0 Å². The number of nitrogens with zero attached hydrogens (tertiary/aromatic N) is 1. The quantitative estimate of drug-likeness (QED) is 0.0443. The highest BCUT2D eigenvalue weighted by molar-refractivity contribution is 5.73. The van der Waals surface area contributed by atoms with Crippen molar-refractivity contribution in [3.05, 3.63) is 142 Å². The van der Waals surface area contributed by atoms with Crippen LogP contribution in [-0.4, -0.2) is 80.9 Å². The molecule has 2 unspecified atom stereocenters. The molecule has 4 aromatic rings. The van der Waals surface area contributed by atoms with Gasteiger partial charge >= 0.3 is 5.97 Å². The Morgan fingerprint density at radius 3 is 1.82 bits per heavy atom. The van der Waals surface area contributed by atoms with Gasteiger partial charge in [0, 0.05) is 19.2 Å². The molecule has 6 rings (SSSR count). The molecule has 0 N–H and O–H groups in total. The Morgan fingerprint density at radius 1 is 0.691 bits per heavy atom. The largest absolute Gasteiger partial charge is 0.425 e. The maximum atomic E-state index is 12.3. The minimum atomic E-state index is -0.783. The lowest BCUT2D eigenvalue weighted by Gasteiger charge is -2.46. The summed E-state index contributed by atoms with van der Waals surface area (Å²) in [6, 6.07) is 35.0. The third-order valence-electron chi connectivity index (χ3n) is 9.24. The smallest absolute Gasteiger partial charge is 0.337 e. The third kappa shape index (κ3) is 12.2. The Hall–Kier alpha value is -4.57. The van der Waals surface area contributed by atoms with Crippen molar-refractivity contribution in [2.24, 2.45) is 0 Å². The fourth-order valence-corrected chi connectivity index (χ4v) is 6.45. The summed E-state index contributed by atoms with van der Waals surface area (Å²) in [7, 11) is 1.58. The topological polar surface area (TPSA) is 143 Å². The molecule has 292 valence electrons. The summed E-state index contributed by atoms with van der Waals surface area (Å²) in [5, 5.41) is 10.9. The molecule has 0 amide bonds. The Bertz CT molecular complexity index is 1730. The summed E-state index contributed by atoms with van der Waals surface area (Å²) in [6.07, 6.45) is -1.89. The van der Waals surface area contributed by atoms with Gasteiger partial charge in [0.05, 0.1) is 44.1 Å². The second-order valence-electron chi connectivity index (χ2n) is 13.3. The van der Waals surface area contributed by atoms with Gasteiger partial charge < -0.3 is 42.6 Å². The molecule has 7 atom stereocenters. The van der Waals surface area contributed by atoms with Crippen molar-refractivity contribution in [2.75, 3.05) is 26.9 Å². The molecule has 2 aliphatic rings. The maximum Gasteiger partial charge on any atom is 0.337 e. The van der Waals surface area contributed by atoms with Crippen molar-refractivity contribution in [1.29, 1.82) is 0 Å². The molecule has 13 heteroatoms. The number of hydrogen-bond donors (Lipinski definition) is 0. The summed E-state index contributed by atoms with van der Waals surface area (Å²) in [5.41, 5.74) is 2.90. The number of carbonyl (C=O) groups is 1. The van der Waals surface area contributed by atoms with Crippen molar-refractivity contribution in [2.45, 2.75) is 82.2 Å². The second kappa shape index (κ2) is 20.9. The van der Waals surface area contributed by atoms with E-state index in [9.17, 15) is 14.9 Å². The van der Waals surface area contributed by atoms with Crippen LogP contribution in [0.2, 0.25) is 0 Å². The van der Waals surface area contributed by atoms with E-state index in [4.69, 9.17) is 42.6 Å². The van der Waals surface area contributed by atoms with Crippen LogP contribution in [0.4, 0.5) is 5.69 Å². The molecular formula is C42H47NO12. The molecule has 55 heavy (non-hydrogen) atoms. The Balaban J connectivity index is 1.09. The first kappa shape index (κ1) is 40.1. The van der Waals surface area contributed by atoms with Crippen LogP contribution in [0, 0.1) is 10.1 Å². The Morgan fingerprint density at radius 2 is 1.25 bits per heavy atom. The van der Waals surface area contributed by atoms with Crippen molar-refractivity contribution in [3.8, 4) is 5.75 Å². The average Bonchev–Trinajstić information content (AvgIpc) is 3.22. The molecule has 2 aliphatic heterocycles. The van der Waals surface area contributed by atoms with Crippen molar-refractivity contribution >= 4 is 11.7 Å². The predicted molar refractivity (Wildman–Crippen MR) is 199 cm³/mol. The SMILES string of the molecule is CO[C@H]1O[C@H](COC2CCCC(COCC(=O)Oc3ccc([N+](=O)[O-])cc3)O2)[C@@H](OCc2ccccc2)[C@H](OCc2ccccc2)[C@H]1OCc1ccccc1. The number of carbonyl (C=O) groups excluding carboxylic acids is 1. The standard InChI is InChI=1S/C42H47NO12/c1-47-42-41(52-26-32-16-9-4-10-17-32)40(51-25-31-14-7-3-8-15-31)39(50-24-30-12-5-2-6-13-30)36(55-42)28-49-38-19-11-18-35(54-38)27-48-29-37(44)53-34-22-20-33(21-23-34)43(45)46/h2-10,12-17,20-23,35-36,38-42H,11,18-19,24-29H2,1H3/t35?,36-,38?,39-,40+,41-,42+/m1/s1. The van der Waals surface area contributed by atoms with Gasteiger partial charge in [0.1, 0.15) is 36.8 Å². The van der Waals surface area contributed by atoms with Gasteiger partial charge in [0.2, 0.25) is 0 Å². The van der Waals surface area contributed by atoms with Crippen LogP contribution in [-0.2, 0) is 62.5 Å². The lowest BCUT2D eigenvalue weighted by Crippen LogP contribution is -2.61. The molecule has 2 heterocycles. The minimum absolute atomic E-state index is 0.0979. The number of hydrogen-bond acceptors (Lipinski definition) is 12. The number of nitro benzene ring substituents is 1. The van der Waals surface area contributed by atoms with E-state index in [0.29, 0.717) is 26.2 Å².